The summed E-state index contributed by atoms with van der Waals surface area (Å²) in [6, 6.07) is 14.5. The van der Waals surface area contributed by atoms with Crippen molar-refractivity contribution >= 4 is 34.8 Å². The molecule has 1 saturated heterocycles. The number of carbonyl (C=O) groups excluding carboxylic acids is 2. The molecule has 50 heavy (non-hydrogen) atoms. The predicted octanol–water partition coefficient (Wildman–Crippen LogP) is 5.99. The standard InChI is InChI=1S/C39H48N8O3/c1-2-33(48)46-31-19-28(8-9-32(31)50-30-6-4-3-5-7-30)36(40)35-37(41)43-24-44-38(35)45-29-10-13-47(14-11-29)15-12-42-34(49)23-39-20-25-16-26(21-39)18-27(17-25)22-39/h2-9,19,24-27,29,40H,1,10-18,20-23H2,(H,42,49)(H,46,48)(H3,41,43,44,45). The predicted molar refractivity (Wildman–Crippen MR) is 195 cm³/mol. The zero-order valence-corrected chi connectivity index (χ0v) is 28.6. The van der Waals surface area contributed by atoms with E-state index in [2.05, 4.69) is 37.4 Å². The van der Waals surface area contributed by atoms with Crippen molar-refractivity contribution in [2.24, 2.45) is 23.2 Å². The zero-order chi connectivity index (χ0) is 34.7. The number of rotatable bonds is 13. The fourth-order valence-corrected chi connectivity index (χ4v) is 9.33. The van der Waals surface area contributed by atoms with Gasteiger partial charge in [0.1, 0.15) is 23.7 Å². The van der Waals surface area contributed by atoms with Crippen molar-refractivity contribution in [3.05, 3.63) is 78.6 Å². The molecule has 1 aromatic heterocycles. The molecule has 2 amide bonds. The third-order valence-electron chi connectivity index (χ3n) is 11.2. The Morgan fingerprint density at radius 3 is 2.40 bits per heavy atom. The van der Waals surface area contributed by atoms with E-state index in [1.165, 1.54) is 50.9 Å². The molecular formula is C39H48N8O3. The summed E-state index contributed by atoms with van der Waals surface area (Å²) < 4.78 is 6.03. The quantitative estimate of drug-likeness (QED) is 0.109. The molecule has 4 saturated carbocycles. The number of hydrogen-bond acceptors (Lipinski definition) is 9. The van der Waals surface area contributed by atoms with Crippen molar-refractivity contribution in [2.75, 3.05) is 42.5 Å². The number of amides is 2. The molecule has 0 radical (unpaired) electrons. The Kier molecular flexibility index (Phi) is 9.85. The molecule has 11 nitrogen and oxygen atoms in total. The van der Waals surface area contributed by atoms with Crippen LogP contribution in [0.2, 0.25) is 0 Å². The number of nitrogens with two attached hydrogens (primary N) is 1. The van der Waals surface area contributed by atoms with Gasteiger partial charge in [-0.1, -0.05) is 24.8 Å². The molecule has 0 unspecified atom stereocenters. The van der Waals surface area contributed by atoms with E-state index < -0.39 is 5.91 Å². The van der Waals surface area contributed by atoms with Crippen molar-refractivity contribution in [1.82, 2.24) is 20.2 Å². The molecule has 262 valence electrons. The number of hydrogen-bond donors (Lipinski definition) is 5. The molecule has 5 aliphatic rings. The van der Waals surface area contributed by atoms with E-state index in [-0.39, 0.29) is 28.9 Å². The molecule has 6 N–H and O–H groups in total. The number of likely N-dealkylation sites (tertiary alicyclic amines) is 1. The number of ether oxygens (including phenoxy) is 1. The zero-order valence-electron chi connectivity index (χ0n) is 28.6. The van der Waals surface area contributed by atoms with Gasteiger partial charge in [0.15, 0.2) is 5.75 Å². The maximum Gasteiger partial charge on any atom is 0.247 e. The summed E-state index contributed by atoms with van der Waals surface area (Å²) in [5.74, 6) is 4.14. The van der Waals surface area contributed by atoms with E-state index in [4.69, 9.17) is 15.9 Å². The van der Waals surface area contributed by atoms with Crippen LogP contribution < -0.4 is 26.4 Å². The van der Waals surface area contributed by atoms with Crippen LogP contribution in [-0.2, 0) is 9.59 Å². The average Bonchev–Trinajstić information content (AvgIpc) is 3.09. The summed E-state index contributed by atoms with van der Waals surface area (Å²) in [5.41, 5.74) is 8.04. The highest BCUT2D eigenvalue weighted by molar-refractivity contribution is 6.17. The maximum absolute atomic E-state index is 13.0. The van der Waals surface area contributed by atoms with Crippen LogP contribution in [0.3, 0.4) is 0 Å². The van der Waals surface area contributed by atoms with Crippen molar-refractivity contribution < 1.29 is 14.3 Å². The smallest absolute Gasteiger partial charge is 0.247 e. The van der Waals surface area contributed by atoms with Gasteiger partial charge < -0.3 is 31.3 Å². The van der Waals surface area contributed by atoms with Crippen molar-refractivity contribution in [3.8, 4) is 11.5 Å². The molecule has 0 spiro atoms. The van der Waals surface area contributed by atoms with Gasteiger partial charge in [-0.25, -0.2) is 9.97 Å². The molecule has 8 rings (SSSR count). The van der Waals surface area contributed by atoms with Crippen molar-refractivity contribution in [2.45, 2.75) is 63.8 Å². The van der Waals surface area contributed by atoms with Crippen molar-refractivity contribution in [1.29, 1.82) is 5.41 Å². The number of nitrogens with zero attached hydrogens (tertiary/aromatic N) is 3. The highest BCUT2D eigenvalue weighted by Crippen LogP contribution is 2.61. The first-order valence-electron chi connectivity index (χ1n) is 18.0. The maximum atomic E-state index is 13.0. The first-order valence-corrected chi connectivity index (χ1v) is 18.0. The molecule has 0 atom stereocenters. The first-order chi connectivity index (χ1) is 24.3. The van der Waals surface area contributed by atoms with Crippen LogP contribution >= 0.6 is 0 Å². The van der Waals surface area contributed by atoms with Gasteiger partial charge in [-0.2, -0.15) is 0 Å². The molecule has 2 heterocycles. The molecule has 4 aliphatic carbocycles. The van der Waals surface area contributed by atoms with E-state index in [0.717, 1.165) is 50.2 Å². The van der Waals surface area contributed by atoms with E-state index in [1.54, 1.807) is 18.2 Å². The van der Waals surface area contributed by atoms with Gasteiger partial charge in [-0.05, 0) is 111 Å². The number of benzene rings is 2. The topological polar surface area (TPSA) is 158 Å². The Labute approximate surface area is 294 Å². The van der Waals surface area contributed by atoms with Gasteiger partial charge in [-0.3, -0.25) is 15.0 Å². The number of anilines is 3. The summed E-state index contributed by atoms with van der Waals surface area (Å²) in [6.07, 6.45) is 13.1. The monoisotopic (exact) mass is 676 g/mol. The van der Waals surface area contributed by atoms with Crippen LogP contribution in [0, 0.1) is 28.6 Å². The molecule has 1 aliphatic heterocycles. The van der Waals surface area contributed by atoms with Crippen molar-refractivity contribution in [3.63, 3.8) is 0 Å². The Hall–Kier alpha value is -4.77. The fourth-order valence-electron chi connectivity index (χ4n) is 9.33. The summed E-state index contributed by atoms with van der Waals surface area (Å²) in [5, 5.41) is 18.7. The lowest BCUT2D eigenvalue weighted by Crippen LogP contribution is -2.48. The third kappa shape index (κ3) is 7.67. The van der Waals surface area contributed by atoms with Gasteiger partial charge in [-0.15, -0.1) is 0 Å². The summed E-state index contributed by atoms with van der Waals surface area (Å²) in [6.45, 7) is 6.86. The number of aromatic nitrogens is 2. The lowest BCUT2D eigenvalue weighted by atomic mass is 9.49. The van der Waals surface area contributed by atoms with Crippen LogP contribution in [0.1, 0.15) is 68.9 Å². The lowest BCUT2D eigenvalue weighted by Gasteiger charge is -2.56. The summed E-state index contributed by atoms with van der Waals surface area (Å²) in [7, 11) is 0. The second-order valence-corrected chi connectivity index (χ2v) is 14.9. The molecular weight excluding hydrogens is 628 g/mol. The summed E-state index contributed by atoms with van der Waals surface area (Å²) in [4.78, 5) is 36.4. The Morgan fingerprint density at radius 2 is 1.72 bits per heavy atom. The second kappa shape index (κ2) is 14.6. The minimum Gasteiger partial charge on any atom is -0.455 e. The third-order valence-corrected chi connectivity index (χ3v) is 11.2. The van der Waals surface area contributed by atoms with Gasteiger partial charge in [0.25, 0.3) is 0 Å². The highest BCUT2D eigenvalue weighted by Gasteiger charge is 2.51. The van der Waals surface area contributed by atoms with E-state index >= 15 is 0 Å². The molecule has 11 heteroatoms. The largest absolute Gasteiger partial charge is 0.455 e. The molecule has 4 bridgehead atoms. The Morgan fingerprint density at radius 1 is 1.02 bits per heavy atom. The van der Waals surface area contributed by atoms with Crippen LogP contribution in [0.25, 0.3) is 0 Å². The minimum absolute atomic E-state index is 0.118. The number of carbonyl (C=O) groups is 2. The van der Waals surface area contributed by atoms with Gasteiger partial charge in [0.2, 0.25) is 11.8 Å². The van der Waals surface area contributed by atoms with Crippen LogP contribution in [-0.4, -0.2) is 64.6 Å². The highest BCUT2D eigenvalue weighted by atomic mass is 16.5. The first kappa shape index (κ1) is 33.7. The van der Waals surface area contributed by atoms with Crippen LogP contribution in [0.5, 0.6) is 11.5 Å². The normalized spacial score (nSPS) is 24.4. The number of nitrogens with one attached hydrogen (secondary N) is 4. The molecule has 5 fully saturated rings. The Bertz CT molecular complexity index is 1700. The lowest BCUT2D eigenvalue weighted by molar-refractivity contribution is -0.129. The summed E-state index contributed by atoms with van der Waals surface area (Å²) >= 11 is 0. The number of piperidine rings is 1. The fraction of sp³-hybridized carbons (Fsp3) is 0.462. The van der Waals surface area contributed by atoms with Gasteiger partial charge in [0, 0.05) is 44.2 Å². The molecule has 3 aromatic rings. The van der Waals surface area contributed by atoms with E-state index in [0.29, 0.717) is 47.1 Å². The Balaban J connectivity index is 0.938. The van der Waals surface area contributed by atoms with E-state index in [9.17, 15) is 9.59 Å². The molecule has 2 aromatic carbocycles. The number of para-hydroxylation sites is 1. The van der Waals surface area contributed by atoms with Crippen LogP contribution in [0.15, 0.2) is 67.5 Å². The second-order valence-electron chi connectivity index (χ2n) is 14.9. The van der Waals surface area contributed by atoms with Crippen LogP contribution in [0.4, 0.5) is 17.3 Å². The van der Waals surface area contributed by atoms with Gasteiger partial charge in [0.05, 0.1) is 17.0 Å². The minimum atomic E-state index is -0.400. The average molecular weight is 677 g/mol. The number of nitrogen functional groups attached to an aromatic ring is 1. The van der Waals surface area contributed by atoms with E-state index in [1.807, 2.05) is 30.3 Å². The SMILES string of the molecule is C=CC(=O)Nc1cc(C(=N)c2c(N)ncnc2NC2CCN(CCNC(=O)CC34CC5CC(CC(C5)C3)C4)CC2)ccc1Oc1ccccc1. The van der Waals surface area contributed by atoms with Gasteiger partial charge >= 0.3 is 0 Å².